The van der Waals surface area contributed by atoms with Gasteiger partial charge in [-0.25, -0.2) is 0 Å². The molecule has 1 heterocycles. The quantitative estimate of drug-likeness (QED) is 0.129. The van der Waals surface area contributed by atoms with Crippen LogP contribution in [0.1, 0.15) is 83.5 Å². The third-order valence-electron chi connectivity index (χ3n) is 23.7. The topological polar surface area (TPSA) is 19.6 Å². The third-order valence-corrected chi connectivity index (χ3v) is 23.7. The van der Waals surface area contributed by atoms with E-state index in [0.717, 1.165) is 72.8 Å². The maximum atomic E-state index is 6.69. The van der Waals surface area contributed by atoms with Gasteiger partial charge in [0.15, 0.2) is 0 Å². The molecule has 1 spiro atoms. The SMILES string of the molecule is Cc1ccc2c(c1)C(c1ccccc1)(c1ccccc1)c1cc(N(c3ccc(-c4ccc(N(c5ccc6c(c5)C5(c7ccccc7-c7ccccc75)c5ccccc5-6)c5ccc6c(c5)oc5ccccc56)cc4)c(C)c3)c3ccc4c(c3)C(c3ccccc3)(c3ccccc3)c3cc(C)ccc3-4)ccc1-2. The second kappa shape index (κ2) is 23.2. The molecular weight excluding hydrogens is 1270 g/mol. The van der Waals surface area contributed by atoms with Gasteiger partial charge in [0, 0.05) is 51.0 Å². The number of anilines is 6. The highest BCUT2D eigenvalue weighted by molar-refractivity contribution is 6.07. The first-order valence-corrected chi connectivity index (χ1v) is 36.7. The van der Waals surface area contributed by atoms with E-state index < -0.39 is 16.2 Å². The monoisotopic (exact) mass is 1340 g/mol. The second-order valence-electron chi connectivity index (χ2n) is 29.1. The van der Waals surface area contributed by atoms with Gasteiger partial charge in [-0.05, 0) is 228 Å². The molecule has 0 bridgehead atoms. The van der Waals surface area contributed by atoms with Crippen molar-refractivity contribution in [2.24, 2.45) is 0 Å². The van der Waals surface area contributed by atoms with E-state index in [2.05, 4.69) is 395 Å². The summed E-state index contributed by atoms with van der Waals surface area (Å²) in [4.78, 5) is 4.96. The normalized spacial score (nSPS) is 13.9. The summed E-state index contributed by atoms with van der Waals surface area (Å²) in [6, 6.07) is 139. The Morgan fingerprint density at radius 3 is 0.971 bits per heavy atom. The lowest BCUT2D eigenvalue weighted by Gasteiger charge is -2.36. The highest BCUT2D eigenvalue weighted by Gasteiger charge is 2.53. The largest absolute Gasteiger partial charge is 0.456 e. The highest BCUT2D eigenvalue weighted by Crippen LogP contribution is 2.65. The van der Waals surface area contributed by atoms with Gasteiger partial charge < -0.3 is 14.2 Å². The molecule has 21 rings (SSSR count). The van der Waals surface area contributed by atoms with E-state index >= 15 is 0 Å². The van der Waals surface area contributed by atoms with Gasteiger partial charge in [-0.3, -0.25) is 0 Å². The average molecular weight is 1340 g/mol. The van der Waals surface area contributed by atoms with Gasteiger partial charge in [0.2, 0.25) is 0 Å². The zero-order chi connectivity index (χ0) is 69.7. The molecule has 0 unspecified atom stereocenters. The number of fused-ring (bicyclic) bond motifs is 19. The Morgan fingerprint density at radius 1 is 0.210 bits per heavy atom. The first kappa shape index (κ1) is 60.7. The van der Waals surface area contributed by atoms with E-state index in [1.807, 2.05) is 6.07 Å². The predicted molar refractivity (Wildman–Crippen MR) is 434 cm³/mol. The summed E-state index contributed by atoms with van der Waals surface area (Å²) in [7, 11) is 0. The minimum atomic E-state index is -0.612. The molecule has 17 aromatic rings. The van der Waals surface area contributed by atoms with Crippen LogP contribution in [0.4, 0.5) is 34.1 Å². The van der Waals surface area contributed by atoms with Gasteiger partial charge >= 0.3 is 0 Å². The van der Waals surface area contributed by atoms with Gasteiger partial charge in [-0.15, -0.1) is 0 Å². The summed E-state index contributed by atoms with van der Waals surface area (Å²) in [6.45, 7) is 6.74. The Morgan fingerprint density at radius 2 is 0.524 bits per heavy atom. The number of aryl methyl sites for hydroxylation is 3. The van der Waals surface area contributed by atoms with Crippen molar-refractivity contribution >= 4 is 56.1 Å². The maximum absolute atomic E-state index is 6.69. The summed E-state index contributed by atoms with van der Waals surface area (Å²) in [5.41, 5.74) is 37.7. The highest BCUT2D eigenvalue weighted by atomic mass is 16.3. The molecule has 0 amide bonds. The van der Waals surface area contributed by atoms with Crippen molar-refractivity contribution in [3.63, 3.8) is 0 Å². The van der Waals surface area contributed by atoms with E-state index in [0.29, 0.717) is 0 Å². The molecule has 3 heteroatoms. The van der Waals surface area contributed by atoms with Crippen molar-refractivity contribution < 1.29 is 4.42 Å². The van der Waals surface area contributed by atoms with E-state index in [4.69, 9.17) is 4.42 Å². The lowest BCUT2D eigenvalue weighted by atomic mass is 9.67. The standard InChI is InChI=1S/C102H70N2O/c1-65-40-51-83-86-55-48-76(61-95(86)100(93(83)58-65,69-24-8-4-9-25-69)70-26-10-5-11-27-70)104(77-49-56-87-84-52-41-66(2)59-94(84)101(96(87)62-77,71-28-12-6-13-29-71)72-30-14-7-15-31-72)74-46-53-79(67(3)60-74)68-42-44-73(45-43-68)103(78-50-57-89-88-35-19-23-39-98(88)105-99(89)64-78)75-47-54-85-82-34-18-22-38-92(82)102(97(85)63-75)90-36-20-16-32-80(90)81-33-17-21-37-91(81)102/h4-64H,1-3H3. The van der Waals surface area contributed by atoms with Crippen molar-refractivity contribution in [3.8, 4) is 55.6 Å². The fourth-order valence-electron chi connectivity index (χ4n) is 19.3. The molecule has 3 nitrogen and oxygen atoms in total. The van der Waals surface area contributed by atoms with Crippen LogP contribution in [0.3, 0.4) is 0 Å². The van der Waals surface area contributed by atoms with Crippen LogP contribution in [0, 0.1) is 20.8 Å². The Kier molecular flexibility index (Phi) is 13.4. The third kappa shape index (κ3) is 8.67. The zero-order valence-electron chi connectivity index (χ0n) is 58.5. The Balaban J connectivity index is 0.737. The van der Waals surface area contributed by atoms with Crippen LogP contribution in [0.5, 0.6) is 0 Å². The van der Waals surface area contributed by atoms with Crippen molar-refractivity contribution in [2.45, 2.75) is 37.0 Å². The molecule has 0 N–H and O–H groups in total. The van der Waals surface area contributed by atoms with E-state index in [1.165, 1.54) is 122 Å². The Labute approximate surface area is 612 Å². The summed E-state index contributed by atoms with van der Waals surface area (Å²) in [5, 5.41) is 2.21. The minimum Gasteiger partial charge on any atom is -0.456 e. The molecule has 0 aliphatic heterocycles. The van der Waals surface area contributed by atoms with Crippen LogP contribution in [-0.4, -0.2) is 0 Å². The number of benzene rings is 16. The zero-order valence-corrected chi connectivity index (χ0v) is 58.5. The van der Waals surface area contributed by atoms with Gasteiger partial charge in [-0.2, -0.15) is 0 Å². The van der Waals surface area contributed by atoms with E-state index in [-0.39, 0.29) is 0 Å². The van der Waals surface area contributed by atoms with Crippen molar-refractivity contribution in [2.75, 3.05) is 9.80 Å². The number of rotatable bonds is 11. The van der Waals surface area contributed by atoms with Crippen LogP contribution in [-0.2, 0) is 16.2 Å². The van der Waals surface area contributed by atoms with Crippen molar-refractivity contribution in [1.29, 1.82) is 0 Å². The fourth-order valence-corrected chi connectivity index (χ4v) is 19.3. The molecule has 0 atom stereocenters. The lowest BCUT2D eigenvalue weighted by molar-refractivity contribution is 0.669. The van der Waals surface area contributed by atoms with Crippen LogP contribution in [0.2, 0.25) is 0 Å². The molecular formula is C102H70N2O. The molecule has 0 fully saturated rings. The maximum Gasteiger partial charge on any atom is 0.137 e. The average Bonchev–Trinajstić information content (AvgIpc) is 1.52. The molecule has 0 saturated carbocycles. The molecule has 0 radical (unpaired) electrons. The van der Waals surface area contributed by atoms with Gasteiger partial charge in [0.1, 0.15) is 11.2 Å². The van der Waals surface area contributed by atoms with Crippen LogP contribution in [0.15, 0.2) is 374 Å². The number of nitrogens with zero attached hydrogens (tertiary/aromatic N) is 2. The van der Waals surface area contributed by atoms with Gasteiger partial charge in [0.05, 0.1) is 16.2 Å². The van der Waals surface area contributed by atoms with Gasteiger partial charge in [-0.1, -0.05) is 296 Å². The number of para-hydroxylation sites is 1. The van der Waals surface area contributed by atoms with Crippen molar-refractivity contribution in [3.05, 3.63) is 454 Å². The summed E-state index contributed by atoms with van der Waals surface area (Å²) in [5.74, 6) is 0. The second-order valence-corrected chi connectivity index (χ2v) is 29.1. The first-order chi connectivity index (χ1) is 51.8. The van der Waals surface area contributed by atoms with E-state index in [1.54, 1.807) is 0 Å². The molecule has 4 aliphatic rings. The van der Waals surface area contributed by atoms with Gasteiger partial charge in [0.25, 0.3) is 0 Å². The molecule has 4 aliphatic carbocycles. The van der Waals surface area contributed by atoms with Crippen LogP contribution < -0.4 is 9.80 Å². The minimum absolute atomic E-state index is 0.506. The van der Waals surface area contributed by atoms with E-state index in [9.17, 15) is 0 Å². The molecule has 494 valence electrons. The predicted octanol–water partition coefficient (Wildman–Crippen LogP) is 26.2. The Bertz CT molecular complexity index is 6050. The molecule has 105 heavy (non-hydrogen) atoms. The molecule has 0 saturated heterocycles. The van der Waals surface area contributed by atoms with Crippen molar-refractivity contribution in [1.82, 2.24) is 0 Å². The number of furan rings is 1. The number of hydrogen-bond donors (Lipinski definition) is 0. The van der Waals surface area contributed by atoms with Crippen LogP contribution >= 0.6 is 0 Å². The lowest BCUT2D eigenvalue weighted by Crippen LogP contribution is -2.29. The summed E-state index contributed by atoms with van der Waals surface area (Å²) in [6.07, 6.45) is 0. The molecule has 1 aromatic heterocycles. The fraction of sp³-hybridized carbons (Fsp3) is 0.0588. The summed E-state index contributed by atoms with van der Waals surface area (Å²) < 4.78 is 6.69. The first-order valence-electron chi connectivity index (χ1n) is 36.7. The smallest absolute Gasteiger partial charge is 0.137 e. The Hall–Kier alpha value is -13.1. The number of hydrogen-bond acceptors (Lipinski definition) is 3. The van der Waals surface area contributed by atoms with Crippen LogP contribution in [0.25, 0.3) is 77.6 Å². The molecule has 16 aromatic carbocycles. The summed E-state index contributed by atoms with van der Waals surface area (Å²) >= 11 is 0.